The molecule has 5 heteroatoms. The van der Waals surface area contributed by atoms with Crippen molar-refractivity contribution >= 4 is 5.82 Å². The van der Waals surface area contributed by atoms with Crippen LogP contribution in [0.4, 0.5) is 5.82 Å². The Balaban J connectivity index is 1.99. The molecular weight excluding hydrogens is 264 g/mol. The molecule has 0 aliphatic heterocycles. The van der Waals surface area contributed by atoms with E-state index in [2.05, 4.69) is 24.2 Å². The van der Waals surface area contributed by atoms with Gasteiger partial charge >= 0.3 is 0 Å². The van der Waals surface area contributed by atoms with Gasteiger partial charge in [-0.2, -0.15) is 5.26 Å². The summed E-state index contributed by atoms with van der Waals surface area (Å²) in [5, 5.41) is 13.4. The molecule has 0 bridgehead atoms. The lowest BCUT2D eigenvalue weighted by Crippen LogP contribution is -2.11. The van der Waals surface area contributed by atoms with E-state index in [1.54, 1.807) is 4.68 Å². The maximum Gasteiger partial charge on any atom is 0.252 e. The minimum Gasteiger partial charge on any atom is -0.479 e. The van der Waals surface area contributed by atoms with Crippen molar-refractivity contribution < 1.29 is 4.74 Å². The Bertz CT molecular complexity index is 628. The molecule has 2 rings (SSSR count). The van der Waals surface area contributed by atoms with Crippen LogP contribution in [0.1, 0.15) is 36.9 Å². The van der Waals surface area contributed by atoms with Crippen molar-refractivity contribution in [2.75, 3.05) is 12.8 Å². The highest BCUT2D eigenvalue weighted by molar-refractivity contribution is 5.55. The van der Waals surface area contributed by atoms with Crippen molar-refractivity contribution in [3.8, 4) is 11.9 Å². The quantitative estimate of drug-likeness (QED) is 0.884. The van der Waals surface area contributed by atoms with Gasteiger partial charge in [0.2, 0.25) is 0 Å². The number of rotatable bonds is 6. The van der Waals surface area contributed by atoms with Gasteiger partial charge in [0, 0.05) is 0 Å². The van der Waals surface area contributed by atoms with E-state index < -0.39 is 0 Å². The number of nitrogens with zero attached hydrogens (tertiary/aromatic N) is 3. The number of nitrogen functional groups attached to an aromatic ring is 1. The molecule has 0 fully saturated rings. The SMILES string of the molecule is COc1nn(C(C)CCCc2ccccc2)c(N)c1C#N. The van der Waals surface area contributed by atoms with Crippen molar-refractivity contribution in [3.63, 3.8) is 0 Å². The van der Waals surface area contributed by atoms with Crippen LogP contribution in [0.2, 0.25) is 0 Å². The molecule has 1 aromatic carbocycles. The molecule has 2 aromatic rings. The number of anilines is 1. The smallest absolute Gasteiger partial charge is 0.252 e. The van der Waals surface area contributed by atoms with Crippen LogP contribution in [-0.4, -0.2) is 16.9 Å². The van der Waals surface area contributed by atoms with E-state index in [1.807, 2.05) is 24.3 Å². The highest BCUT2D eigenvalue weighted by Gasteiger charge is 2.19. The van der Waals surface area contributed by atoms with Crippen LogP contribution in [0.5, 0.6) is 5.88 Å². The van der Waals surface area contributed by atoms with Crippen molar-refractivity contribution in [1.29, 1.82) is 5.26 Å². The highest BCUT2D eigenvalue weighted by Crippen LogP contribution is 2.27. The van der Waals surface area contributed by atoms with E-state index in [1.165, 1.54) is 12.7 Å². The molecule has 110 valence electrons. The number of benzene rings is 1. The van der Waals surface area contributed by atoms with Gasteiger partial charge in [0.1, 0.15) is 11.9 Å². The van der Waals surface area contributed by atoms with Gasteiger partial charge in [0.25, 0.3) is 5.88 Å². The Kier molecular flexibility index (Phi) is 4.83. The summed E-state index contributed by atoms with van der Waals surface area (Å²) in [7, 11) is 1.49. The van der Waals surface area contributed by atoms with Crippen LogP contribution in [0.25, 0.3) is 0 Å². The molecule has 0 aliphatic rings. The van der Waals surface area contributed by atoms with Crippen LogP contribution in [0, 0.1) is 11.3 Å². The van der Waals surface area contributed by atoms with Gasteiger partial charge in [-0.1, -0.05) is 30.3 Å². The molecule has 0 saturated carbocycles. The Morgan fingerprint density at radius 3 is 2.67 bits per heavy atom. The average molecular weight is 284 g/mol. The monoisotopic (exact) mass is 284 g/mol. The predicted molar refractivity (Wildman–Crippen MR) is 82.0 cm³/mol. The minimum absolute atomic E-state index is 0.129. The fraction of sp³-hybridized carbons (Fsp3) is 0.375. The van der Waals surface area contributed by atoms with Crippen molar-refractivity contribution in [1.82, 2.24) is 9.78 Å². The molecule has 1 atom stereocenters. The second kappa shape index (κ2) is 6.80. The number of aryl methyl sites for hydroxylation is 1. The highest BCUT2D eigenvalue weighted by atomic mass is 16.5. The predicted octanol–water partition coefficient (Wildman–Crippen LogP) is 2.93. The summed E-state index contributed by atoms with van der Waals surface area (Å²) in [4.78, 5) is 0. The van der Waals surface area contributed by atoms with Gasteiger partial charge < -0.3 is 10.5 Å². The zero-order valence-electron chi connectivity index (χ0n) is 12.4. The number of nitrogens with two attached hydrogens (primary N) is 1. The standard InChI is InChI=1S/C16H20N4O/c1-12(7-6-10-13-8-4-3-5-9-13)20-15(18)14(11-17)16(19-20)21-2/h3-5,8-9,12H,6-7,10,18H2,1-2H3. The lowest BCUT2D eigenvalue weighted by molar-refractivity contribution is 0.373. The van der Waals surface area contributed by atoms with Crippen LogP contribution in [-0.2, 0) is 6.42 Å². The zero-order valence-corrected chi connectivity index (χ0v) is 12.4. The molecule has 21 heavy (non-hydrogen) atoms. The summed E-state index contributed by atoms with van der Waals surface area (Å²) in [5.74, 6) is 0.673. The number of nitriles is 1. The second-order valence-electron chi connectivity index (χ2n) is 5.05. The zero-order chi connectivity index (χ0) is 15.2. The molecule has 5 nitrogen and oxygen atoms in total. The minimum atomic E-state index is 0.129. The third-order valence-corrected chi connectivity index (χ3v) is 3.57. The van der Waals surface area contributed by atoms with E-state index in [0.717, 1.165) is 19.3 Å². The topological polar surface area (TPSA) is 76.9 Å². The van der Waals surface area contributed by atoms with Gasteiger partial charge in [-0.05, 0) is 31.7 Å². The molecule has 2 N–H and O–H groups in total. The van der Waals surface area contributed by atoms with Gasteiger partial charge in [-0.15, -0.1) is 5.10 Å². The molecule has 0 spiro atoms. The summed E-state index contributed by atoms with van der Waals surface area (Å²) in [5.41, 5.74) is 7.61. The molecule has 0 saturated heterocycles. The summed E-state index contributed by atoms with van der Waals surface area (Å²) >= 11 is 0. The van der Waals surface area contributed by atoms with Crippen molar-refractivity contribution in [2.45, 2.75) is 32.2 Å². The van der Waals surface area contributed by atoms with Gasteiger partial charge in [0.05, 0.1) is 13.2 Å². The van der Waals surface area contributed by atoms with Crippen molar-refractivity contribution in [3.05, 3.63) is 41.5 Å². The molecule has 1 heterocycles. The van der Waals surface area contributed by atoms with Gasteiger partial charge in [0.15, 0.2) is 5.56 Å². The Hall–Kier alpha value is -2.48. The van der Waals surface area contributed by atoms with E-state index in [9.17, 15) is 0 Å². The number of ether oxygens (including phenoxy) is 1. The third-order valence-electron chi connectivity index (χ3n) is 3.57. The first-order chi connectivity index (χ1) is 10.2. The maximum atomic E-state index is 9.09. The van der Waals surface area contributed by atoms with E-state index in [4.69, 9.17) is 15.7 Å². The largest absolute Gasteiger partial charge is 0.479 e. The number of hydrogen-bond acceptors (Lipinski definition) is 4. The van der Waals surface area contributed by atoms with Gasteiger partial charge in [-0.25, -0.2) is 4.68 Å². The fourth-order valence-electron chi connectivity index (χ4n) is 2.38. The number of hydrogen-bond donors (Lipinski definition) is 1. The maximum absolute atomic E-state index is 9.09. The van der Waals surface area contributed by atoms with Crippen LogP contribution < -0.4 is 10.5 Å². The Morgan fingerprint density at radius 1 is 1.38 bits per heavy atom. The normalized spacial score (nSPS) is 11.9. The Morgan fingerprint density at radius 2 is 2.10 bits per heavy atom. The lowest BCUT2D eigenvalue weighted by atomic mass is 10.1. The van der Waals surface area contributed by atoms with Crippen LogP contribution in [0.3, 0.4) is 0 Å². The van der Waals surface area contributed by atoms with Crippen LogP contribution >= 0.6 is 0 Å². The molecule has 0 aliphatic carbocycles. The number of aromatic nitrogens is 2. The second-order valence-corrected chi connectivity index (χ2v) is 5.05. The summed E-state index contributed by atoms with van der Waals surface area (Å²) in [6.45, 7) is 2.05. The van der Waals surface area contributed by atoms with E-state index >= 15 is 0 Å². The van der Waals surface area contributed by atoms with E-state index in [-0.39, 0.29) is 6.04 Å². The van der Waals surface area contributed by atoms with E-state index in [0.29, 0.717) is 17.3 Å². The Labute approximate surface area is 124 Å². The van der Waals surface area contributed by atoms with Crippen molar-refractivity contribution in [2.24, 2.45) is 0 Å². The summed E-state index contributed by atoms with van der Waals surface area (Å²) < 4.78 is 6.77. The average Bonchev–Trinajstić information content (AvgIpc) is 2.84. The van der Waals surface area contributed by atoms with Crippen LogP contribution in [0.15, 0.2) is 30.3 Å². The van der Waals surface area contributed by atoms with Gasteiger partial charge in [-0.3, -0.25) is 0 Å². The molecular formula is C16H20N4O. The number of methoxy groups -OCH3 is 1. The summed E-state index contributed by atoms with van der Waals surface area (Å²) in [6.07, 6.45) is 3.00. The molecule has 1 unspecified atom stereocenters. The third kappa shape index (κ3) is 3.34. The first kappa shape index (κ1) is 14.9. The first-order valence-electron chi connectivity index (χ1n) is 7.03. The fourth-order valence-corrected chi connectivity index (χ4v) is 2.38. The lowest BCUT2D eigenvalue weighted by Gasteiger charge is -2.13. The first-order valence-corrected chi connectivity index (χ1v) is 7.03. The molecule has 1 aromatic heterocycles. The molecule has 0 radical (unpaired) electrons. The summed E-state index contributed by atoms with van der Waals surface area (Å²) in [6, 6.07) is 12.5. The molecule has 0 amide bonds.